The summed E-state index contributed by atoms with van der Waals surface area (Å²) in [5.41, 5.74) is 0.990. The molecule has 0 aliphatic heterocycles. The standard InChI is InChI=1S/C16H21N3O2/c1-3-9-17-15(12-19-16(20)8-5-10-18-19)13-6-4-7-14(11-13)21-2/h4-8,10-11,15,17H,3,9,12H2,1-2H3. The number of nitrogens with zero attached hydrogens (tertiary/aromatic N) is 2. The van der Waals surface area contributed by atoms with Gasteiger partial charge in [0.1, 0.15) is 5.75 Å². The highest BCUT2D eigenvalue weighted by atomic mass is 16.5. The molecule has 0 spiro atoms. The molecule has 1 atom stereocenters. The number of nitrogens with one attached hydrogen (secondary N) is 1. The quantitative estimate of drug-likeness (QED) is 0.846. The van der Waals surface area contributed by atoms with Crippen molar-refractivity contribution in [2.24, 2.45) is 0 Å². The Labute approximate surface area is 124 Å². The molecule has 21 heavy (non-hydrogen) atoms. The van der Waals surface area contributed by atoms with Crippen molar-refractivity contribution in [3.05, 3.63) is 58.5 Å². The van der Waals surface area contributed by atoms with Gasteiger partial charge in [-0.3, -0.25) is 4.79 Å². The van der Waals surface area contributed by atoms with E-state index in [-0.39, 0.29) is 11.6 Å². The molecule has 0 saturated carbocycles. The van der Waals surface area contributed by atoms with E-state index in [1.807, 2.05) is 24.3 Å². The van der Waals surface area contributed by atoms with Crippen LogP contribution in [-0.2, 0) is 6.54 Å². The van der Waals surface area contributed by atoms with E-state index in [9.17, 15) is 4.79 Å². The molecule has 2 aromatic rings. The Morgan fingerprint density at radius 2 is 2.19 bits per heavy atom. The van der Waals surface area contributed by atoms with E-state index in [1.54, 1.807) is 19.4 Å². The first-order valence-electron chi connectivity index (χ1n) is 7.14. The SMILES string of the molecule is CCCNC(Cn1ncccc1=O)c1cccc(OC)c1. The summed E-state index contributed by atoms with van der Waals surface area (Å²) in [7, 11) is 1.65. The zero-order valence-electron chi connectivity index (χ0n) is 12.5. The van der Waals surface area contributed by atoms with Crippen LogP contribution in [0.3, 0.4) is 0 Å². The number of hydrogen-bond donors (Lipinski definition) is 1. The highest BCUT2D eigenvalue weighted by molar-refractivity contribution is 5.30. The second kappa shape index (κ2) is 7.59. The zero-order chi connectivity index (χ0) is 15.1. The first-order valence-corrected chi connectivity index (χ1v) is 7.14. The lowest BCUT2D eigenvalue weighted by Crippen LogP contribution is -2.31. The predicted octanol–water partition coefficient (Wildman–Crippen LogP) is 1.99. The fourth-order valence-corrected chi connectivity index (χ4v) is 2.16. The number of hydrogen-bond acceptors (Lipinski definition) is 4. The van der Waals surface area contributed by atoms with E-state index >= 15 is 0 Å². The number of aromatic nitrogens is 2. The van der Waals surface area contributed by atoms with Gasteiger partial charge >= 0.3 is 0 Å². The Morgan fingerprint density at radius 3 is 2.90 bits per heavy atom. The van der Waals surface area contributed by atoms with Crippen LogP contribution in [0.15, 0.2) is 47.4 Å². The summed E-state index contributed by atoms with van der Waals surface area (Å²) in [6, 6.07) is 11.1. The maximum atomic E-state index is 11.8. The second-order valence-corrected chi connectivity index (χ2v) is 4.83. The van der Waals surface area contributed by atoms with Crippen LogP contribution in [0, 0.1) is 0 Å². The van der Waals surface area contributed by atoms with Gasteiger partial charge in [0, 0.05) is 12.3 Å². The fraction of sp³-hybridized carbons (Fsp3) is 0.375. The van der Waals surface area contributed by atoms with Gasteiger partial charge in [0.25, 0.3) is 5.56 Å². The Morgan fingerprint density at radius 1 is 1.33 bits per heavy atom. The third-order valence-electron chi connectivity index (χ3n) is 3.28. The minimum absolute atomic E-state index is 0.0210. The monoisotopic (exact) mass is 287 g/mol. The molecule has 0 aliphatic carbocycles. The summed E-state index contributed by atoms with van der Waals surface area (Å²) in [5, 5.41) is 7.58. The zero-order valence-corrected chi connectivity index (χ0v) is 12.5. The highest BCUT2D eigenvalue weighted by Crippen LogP contribution is 2.20. The van der Waals surface area contributed by atoms with Crippen molar-refractivity contribution in [1.29, 1.82) is 0 Å². The summed E-state index contributed by atoms with van der Waals surface area (Å²) in [4.78, 5) is 11.8. The molecule has 1 N–H and O–H groups in total. The van der Waals surface area contributed by atoms with Gasteiger partial charge in [-0.05, 0) is 36.7 Å². The molecule has 0 saturated heterocycles. The summed E-state index contributed by atoms with van der Waals surface area (Å²) in [6.07, 6.45) is 2.65. The van der Waals surface area contributed by atoms with Gasteiger partial charge in [-0.25, -0.2) is 4.68 Å². The van der Waals surface area contributed by atoms with E-state index < -0.39 is 0 Å². The molecule has 0 fully saturated rings. The van der Waals surface area contributed by atoms with Crippen LogP contribution < -0.4 is 15.6 Å². The van der Waals surface area contributed by atoms with Crippen molar-refractivity contribution in [2.45, 2.75) is 25.9 Å². The summed E-state index contributed by atoms with van der Waals surface area (Å²) < 4.78 is 6.75. The van der Waals surface area contributed by atoms with Crippen LogP contribution in [-0.4, -0.2) is 23.4 Å². The third kappa shape index (κ3) is 4.16. The Kier molecular flexibility index (Phi) is 5.51. The number of benzene rings is 1. The van der Waals surface area contributed by atoms with Crippen LogP contribution in [0.1, 0.15) is 24.9 Å². The Hall–Kier alpha value is -2.14. The van der Waals surface area contributed by atoms with Gasteiger partial charge in [0.05, 0.1) is 19.7 Å². The molecule has 0 amide bonds. The number of ether oxygens (including phenoxy) is 1. The van der Waals surface area contributed by atoms with Crippen LogP contribution in [0.25, 0.3) is 0 Å². The van der Waals surface area contributed by atoms with E-state index in [0.717, 1.165) is 24.3 Å². The van der Waals surface area contributed by atoms with Crippen molar-refractivity contribution in [3.8, 4) is 5.75 Å². The van der Waals surface area contributed by atoms with Crippen LogP contribution in [0.5, 0.6) is 5.75 Å². The molecule has 0 aliphatic rings. The maximum Gasteiger partial charge on any atom is 0.266 e. The van der Waals surface area contributed by atoms with Crippen molar-refractivity contribution in [3.63, 3.8) is 0 Å². The van der Waals surface area contributed by atoms with Gasteiger partial charge in [-0.2, -0.15) is 5.10 Å². The van der Waals surface area contributed by atoms with E-state index in [0.29, 0.717) is 6.54 Å². The molecular formula is C16H21N3O2. The smallest absolute Gasteiger partial charge is 0.266 e. The van der Waals surface area contributed by atoms with Crippen molar-refractivity contribution >= 4 is 0 Å². The average molecular weight is 287 g/mol. The molecule has 1 heterocycles. The molecule has 112 valence electrons. The first-order chi connectivity index (χ1) is 10.2. The van der Waals surface area contributed by atoms with Crippen molar-refractivity contribution in [1.82, 2.24) is 15.1 Å². The third-order valence-corrected chi connectivity index (χ3v) is 3.28. The molecule has 2 rings (SSSR count). The lowest BCUT2D eigenvalue weighted by molar-refractivity contribution is 0.406. The van der Waals surface area contributed by atoms with Crippen LogP contribution in [0.2, 0.25) is 0 Å². The van der Waals surface area contributed by atoms with Crippen LogP contribution >= 0.6 is 0 Å². The van der Waals surface area contributed by atoms with Crippen molar-refractivity contribution < 1.29 is 4.74 Å². The minimum Gasteiger partial charge on any atom is -0.497 e. The van der Waals surface area contributed by atoms with Gasteiger partial charge in [0.15, 0.2) is 0 Å². The van der Waals surface area contributed by atoms with Gasteiger partial charge < -0.3 is 10.1 Å². The maximum absolute atomic E-state index is 11.8. The molecule has 1 unspecified atom stereocenters. The second-order valence-electron chi connectivity index (χ2n) is 4.83. The summed E-state index contributed by atoms with van der Waals surface area (Å²) >= 11 is 0. The van der Waals surface area contributed by atoms with E-state index in [1.165, 1.54) is 10.7 Å². The average Bonchev–Trinajstić information content (AvgIpc) is 2.53. The topological polar surface area (TPSA) is 56.2 Å². The van der Waals surface area contributed by atoms with Crippen molar-refractivity contribution in [2.75, 3.05) is 13.7 Å². The predicted molar refractivity (Wildman–Crippen MR) is 82.5 cm³/mol. The number of methoxy groups -OCH3 is 1. The van der Waals surface area contributed by atoms with E-state index in [2.05, 4.69) is 17.3 Å². The lowest BCUT2D eigenvalue weighted by Gasteiger charge is -2.20. The fourth-order valence-electron chi connectivity index (χ4n) is 2.16. The molecule has 5 heteroatoms. The molecule has 0 radical (unpaired) electrons. The Balaban J connectivity index is 2.25. The molecule has 1 aromatic heterocycles. The molecular weight excluding hydrogens is 266 g/mol. The molecule has 5 nitrogen and oxygen atoms in total. The molecule has 0 bridgehead atoms. The largest absolute Gasteiger partial charge is 0.497 e. The number of rotatable bonds is 7. The van der Waals surface area contributed by atoms with Gasteiger partial charge in [-0.1, -0.05) is 19.1 Å². The lowest BCUT2D eigenvalue weighted by atomic mass is 10.1. The Bertz CT molecular complexity index is 625. The summed E-state index contributed by atoms with van der Waals surface area (Å²) in [5.74, 6) is 0.809. The highest BCUT2D eigenvalue weighted by Gasteiger charge is 2.13. The minimum atomic E-state index is -0.0938. The molecule has 1 aromatic carbocycles. The van der Waals surface area contributed by atoms with E-state index in [4.69, 9.17) is 4.74 Å². The van der Waals surface area contributed by atoms with Crippen LogP contribution in [0.4, 0.5) is 0 Å². The summed E-state index contributed by atoms with van der Waals surface area (Å²) in [6.45, 7) is 3.48. The van der Waals surface area contributed by atoms with Gasteiger partial charge in [0.2, 0.25) is 0 Å². The van der Waals surface area contributed by atoms with Gasteiger partial charge in [-0.15, -0.1) is 0 Å². The normalized spacial score (nSPS) is 12.1. The first kappa shape index (κ1) is 15.3.